The van der Waals surface area contributed by atoms with E-state index >= 15 is 0 Å². The first-order valence-corrected chi connectivity index (χ1v) is 10.3. The summed E-state index contributed by atoms with van der Waals surface area (Å²) in [6.45, 7) is 7.24. The first-order chi connectivity index (χ1) is 13.5. The second-order valence-corrected chi connectivity index (χ2v) is 7.55. The molecule has 1 aromatic rings. The van der Waals surface area contributed by atoms with Gasteiger partial charge in [-0.05, 0) is 56.2 Å². The van der Waals surface area contributed by atoms with Gasteiger partial charge in [-0.15, -0.1) is 0 Å². The van der Waals surface area contributed by atoms with Gasteiger partial charge in [-0.3, -0.25) is 4.79 Å². The minimum Gasteiger partial charge on any atom is -0.493 e. The number of carbonyl (C=O) groups is 2. The topological polar surface area (TPSA) is 73.9 Å². The Labute approximate surface area is 167 Å². The van der Waals surface area contributed by atoms with Crippen molar-refractivity contribution in [3.05, 3.63) is 23.8 Å². The summed E-state index contributed by atoms with van der Waals surface area (Å²) in [7, 11) is 1.33. The van der Waals surface area contributed by atoms with Crippen molar-refractivity contribution in [1.29, 1.82) is 0 Å². The summed E-state index contributed by atoms with van der Waals surface area (Å²) < 4.78 is 16.6. The Bertz CT molecular complexity index is 675. The highest BCUT2D eigenvalue weighted by Gasteiger charge is 2.42. The van der Waals surface area contributed by atoms with E-state index < -0.39 is 11.6 Å². The Morgan fingerprint density at radius 2 is 1.96 bits per heavy atom. The van der Waals surface area contributed by atoms with E-state index in [-0.39, 0.29) is 5.91 Å². The zero-order chi connectivity index (χ0) is 20.6. The van der Waals surface area contributed by atoms with E-state index in [1.807, 2.05) is 13.8 Å². The predicted octanol–water partition coefficient (Wildman–Crippen LogP) is 4.58. The molecular formula is C22H33NO5. The van der Waals surface area contributed by atoms with E-state index in [0.29, 0.717) is 49.0 Å². The van der Waals surface area contributed by atoms with Crippen LogP contribution in [0.25, 0.3) is 0 Å². The van der Waals surface area contributed by atoms with Gasteiger partial charge < -0.3 is 19.5 Å². The van der Waals surface area contributed by atoms with E-state index in [0.717, 1.165) is 25.7 Å². The molecule has 1 N–H and O–H groups in total. The van der Waals surface area contributed by atoms with Crippen LogP contribution in [-0.4, -0.2) is 37.8 Å². The molecule has 1 aliphatic carbocycles. The van der Waals surface area contributed by atoms with Gasteiger partial charge in [-0.25, -0.2) is 4.79 Å². The summed E-state index contributed by atoms with van der Waals surface area (Å²) >= 11 is 0. The molecule has 1 aromatic carbocycles. The van der Waals surface area contributed by atoms with E-state index in [1.54, 1.807) is 18.2 Å². The lowest BCUT2D eigenvalue weighted by atomic mass is 9.78. The molecule has 0 aromatic heterocycles. The van der Waals surface area contributed by atoms with Gasteiger partial charge in [0.05, 0.1) is 13.7 Å². The average molecular weight is 392 g/mol. The first kappa shape index (κ1) is 22.2. The van der Waals surface area contributed by atoms with Crippen LogP contribution in [0.15, 0.2) is 18.2 Å². The zero-order valence-corrected chi connectivity index (χ0v) is 17.5. The molecule has 6 nitrogen and oxygen atoms in total. The lowest BCUT2D eigenvalue weighted by Crippen LogP contribution is -2.48. The van der Waals surface area contributed by atoms with Crippen LogP contribution in [0, 0.1) is 5.92 Å². The molecule has 0 spiro atoms. The number of anilines is 1. The predicted molar refractivity (Wildman–Crippen MR) is 109 cm³/mol. The van der Waals surface area contributed by atoms with Crippen molar-refractivity contribution in [2.75, 3.05) is 25.6 Å². The maximum atomic E-state index is 13.2. The number of hydrogen-bond donors (Lipinski definition) is 1. The smallest absolute Gasteiger partial charge is 0.341 e. The monoisotopic (exact) mass is 391 g/mol. The summed E-state index contributed by atoms with van der Waals surface area (Å²) in [5, 5.41) is 2.96. The van der Waals surface area contributed by atoms with Crippen LogP contribution in [-0.2, 0) is 14.3 Å². The SMILES string of the molecule is CCCOc1ccc(NC(=O)C2(OCCC)CCCC(C)C2)cc1C(=O)OC. The fraction of sp³-hybridized carbons (Fsp3) is 0.636. The van der Waals surface area contributed by atoms with Crippen molar-refractivity contribution in [2.45, 2.75) is 64.9 Å². The zero-order valence-electron chi connectivity index (χ0n) is 17.5. The van der Waals surface area contributed by atoms with Gasteiger partial charge in [0.25, 0.3) is 5.91 Å². The average Bonchev–Trinajstić information content (AvgIpc) is 2.70. The Balaban J connectivity index is 2.24. The van der Waals surface area contributed by atoms with Gasteiger partial charge in [0.15, 0.2) is 0 Å². The summed E-state index contributed by atoms with van der Waals surface area (Å²) in [5.74, 6) is 0.248. The minimum absolute atomic E-state index is 0.148. The molecule has 28 heavy (non-hydrogen) atoms. The number of esters is 1. The van der Waals surface area contributed by atoms with Crippen molar-refractivity contribution >= 4 is 17.6 Å². The maximum Gasteiger partial charge on any atom is 0.341 e. The third kappa shape index (κ3) is 5.47. The number of carbonyl (C=O) groups excluding carboxylic acids is 2. The van der Waals surface area contributed by atoms with Gasteiger partial charge in [0, 0.05) is 12.3 Å². The van der Waals surface area contributed by atoms with E-state index in [2.05, 4.69) is 12.2 Å². The van der Waals surface area contributed by atoms with Gasteiger partial charge in [0.1, 0.15) is 16.9 Å². The molecule has 2 atom stereocenters. The molecule has 2 rings (SSSR count). The number of hydrogen-bond acceptors (Lipinski definition) is 5. The molecular weight excluding hydrogens is 358 g/mol. The largest absolute Gasteiger partial charge is 0.493 e. The highest BCUT2D eigenvalue weighted by molar-refractivity contribution is 5.99. The highest BCUT2D eigenvalue weighted by Crippen LogP contribution is 2.36. The Hall–Kier alpha value is -2.08. The fourth-order valence-corrected chi connectivity index (χ4v) is 3.66. The molecule has 0 saturated heterocycles. The van der Waals surface area contributed by atoms with Crippen LogP contribution in [0.3, 0.4) is 0 Å². The molecule has 1 amide bonds. The molecule has 156 valence electrons. The van der Waals surface area contributed by atoms with Crippen molar-refractivity contribution in [1.82, 2.24) is 0 Å². The lowest BCUT2D eigenvalue weighted by molar-refractivity contribution is -0.148. The quantitative estimate of drug-likeness (QED) is 0.624. The highest BCUT2D eigenvalue weighted by atomic mass is 16.5. The van der Waals surface area contributed by atoms with Crippen molar-refractivity contribution < 1.29 is 23.8 Å². The summed E-state index contributed by atoms with van der Waals surface area (Å²) in [5.41, 5.74) is 0.0254. The number of ether oxygens (including phenoxy) is 3. The normalized spacial score (nSPS) is 21.8. The van der Waals surface area contributed by atoms with E-state index in [4.69, 9.17) is 14.2 Å². The Kier molecular flexibility index (Phi) is 8.30. The standard InChI is InChI=1S/C22H33NO5/c1-5-12-27-19-10-9-17(14-18(19)20(24)26-4)23-21(25)22(28-13-6-2)11-7-8-16(3)15-22/h9-10,14,16H,5-8,11-13,15H2,1-4H3,(H,23,25). The third-order valence-electron chi connectivity index (χ3n) is 5.06. The maximum absolute atomic E-state index is 13.2. The Morgan fingerprint density at radius 1 is 1.21 bits per heavy atom. The first-order valence-electron chi connectivity index (χ1n) is 10.3. The molecule has 0 heterocycles. The summed E-state index contributed by atoms with van der Waals surface area (Å²) in [4.78, 5) is 25.3. The number of benzene rings is 1. The van der Waals surface area contributed by atoms with E-state index in [1.165, 1.54) is 7.11 Å². The lowest BCUT2D eigenvalue weighted by Gasteiger charge is -2.38. The molecule has 6 heteroatoms. The molecule has 2 unspecified atom stereocenters. The van der Waals surface area contributed by atoms with Crippen LogP contribution in [0.5, 0.6) is 5.75 Å². The van der Waals surface area contributed by atoms with Gasteiger partial charge >= 0.3 is 5.97 Å². The van der Waals surface area contributed by atoms with Crippen molar-refractivity contribution in [3.8, 4) is 5.75 Å². The number of amides is 1. The van der Waals surface area contributed by atoms with Crippen LogP contribution in [0.1, 0.15) is 69.7 Å². The molecule has 1 saturated carbocycles. The van der Waals surface area contributed by atoms with Crippen molar-refractivity contribution in [3.63, 3.8) is 0 Å². The second kappa shape index (κ2) is 10.5. The molecule has 0 radical (unpaired) electrons. The second-order valence-electron chi connectivity index (χ2n) is 7.55. The number of nitrogens with one attached hydrogen (secondary N) is 1. The Morgan fingerprint density at radius 3 is 2.61 bits per heavy atom. The summed E-state index contributed by atoms with van der Waals surface area (Å²) in [6.07, 6.45) is 5.19. The van der Waals surface area contributed by atoms with E-state index in [9.17, 15) is 9.59 Å². The van der Waals surface area contributed by atoms with Gasteiger partial charge in [-0.1, -0.05) is 27.2 Å². The van der Waals surface area contributed by atoms with Crippen molar-refractivity contribution in [2.24, 2.45) is 5.92 Å². The third-order valence-corrected chi connectivity index (χ3v) is 5.06. The minimum atomic E-state index is -0.809. The van der Waals surface area contributed by atoms with Gasteiger partial charge in [0.2, 0.25) is 0 Å². The summed E-state index contributed by atoms with van der Waals surface area (Å²) in [6, 6.07) is 5.05. The molecule has 0 aliphatic heterocycles. The molecule has 1 aliphatic rings. The molecule has 1 fully saturated rings. The van der Waals surface area contributed by atoms with Crippen LogP contribution in [0.4, 0.5) is 5.69 Å². The van der Waals surface area contributed by atoms with Crippen LogP contribution < -0.4 is 10.1 Å². The van der Waals surface area contributed by atoms with Crippen LogP contribution >= 0.6 is 0 Å². The van der Waals surface area contributed by atoms with Crippen LogP contribution in [0.2, 0.25) is 0 Å². The van der Waals surface area contributed by atoms with Gasteiger partial charge in [-0.2, -0.15) is 0 Å². The molecule has 0 bridgehead atoms. The fourth-order valence-electron chi connectivity index (χ4n) is 3.66. The number of methoxy groups -OCH3 is 1. The number of rotatable bonds is 9.